The second-order valence-electron chi connectivity index (χ2n) is 4.75. The van der Waals surface area contributed by atoms with Gasteiger partial charge >= 0.3 is 0 Å². The molecule has 1 amide bonds. The molecule has 2 aromatic rings. The molecule has 25 heavy (non-hydrogen) atoms. The molecular weight excluding hydrogens is 385 g/mol. The van der Waals surface area contributed by atoms with E-state index >= 15 is 0 Å². The highest BCUT2D eigenvalue weighted by molar-refractivity contribution is 7.80. The van der Waals surface area contributed by atoms with Gasteiger partial charge in [-0.3, -0.25) is 20.2 Å². The van der Waals surface area contributed by atoms with E-state index in [1.165, 1.54) is 24.3 Å². The first kappa shape index (κ1) is 18.9. The van der Waals surface area contributed by atoms with Crippen LogP contribution in [0.25, 0.3) is 6.08 Å². The molecule has 0 bridgehead atoms. The first-order chi connectivity index (χ1) is 11.8. The molecule has 0 unspecified atom stereocenters. The quantitative estimate of drug-likeness (QED) is 0.346. The molecule has 0 saturated carbocycles. The number of non-ortho nitro benzene ring substituents is 1. The number of carbonyl (C=O) groups excluding carboxylic acids is 1. The number of thiocarbonyl (C=S) groups is 1. The number of nitrogens with one attached hydrogen (secondary N) is 2. The third kappa shape index (κ3) is 5.82. The first-order valence-electron chi connectivity index (χ1n) is 6.85. The molecule has 0 heterocycles. The van der Waals surface area contributed by atoms with Gasteiger partial charge in [0.15, 0.2) is 5.11 Å². The largest absolute Gasteiger partial charge is 0.331 e. The molecule has 2 rings (SSSR count). The number of anilines is 1. The molecule has 6 nitrogen and oxygen atoms in total. The van der Waals surface area contributed by atoms with Gasteiger partial charge in [0.25, 0.3) is 5.69 Å². The van der Waals surface area contributed by atoms with Crippen LogP contribution in [0.5, 0.6) is 0 Å². The molecule has 0 aliphatic heterocycles. The van der Waals surface area contributed by atoms with Crippen LogP contribution in [-0.2, 0) is 4.79 Å². The molecule has 2 aromatic carbocycles. The van der Waals surface area contributed by atoms with Gasteiger partial charge in [-0.25, -0.2) is 0 Å². The number of halogens is 2. The Bertz CT molecular complexity index is 854. The van der Waals surface area contributed by atoms with Crippen molar-refractivity contribution >= 4 is 63.9 Å². The number of nitro benzene ring substituents is 1. The minimum Gasteiger partial charge on any atom is -0.331 e. The van der Waals surface area contributed by atoms with Gasteiger partial charge in [-0.05, 0) is 42.1 Å². The van der Waals surface area contributed by atoms with Crippen LogP contribution in [0.15, 0.2) is 48.5 Å². The zero-order chi connectivity index (χ0) is 18.4. The van der Waals surface area contributed by atoms with Crippen LogP contribution >= 0.6 is 35.4 Å². The van der Waals surface area contributed by atoms with Gasteiger partial charge in [0.1, 0.15) is 0 Å². The number of amides is 1. The van der Waals surface area contributed by atoms with E-state index in [0.29, 0.717) is 10.7 Å². The zero-order valence-electron chi connectivity index (χ0n) is 12.5. The Morgan fingerprint density at radius 1 is 1.16 bits per heavy atom. The van der Waals surface area contributed by atoms with Crippen LogP contribution in [0.2, 0.25) is 10.0 Å². The molecule has 0 aliphatic carbocycles. The Morgan fingerprint density at radius 2 is 1.84 bits per heavy atom. The van der Waals surface area contributed by atoms with Crippen molar-refractivity contribution in [1.82, 2.24) is 5.32 Å². The third-order valence-electron chi connectivity index (χ3n) is 2.95. The predicted octanol–water partition coefficient (Wildman–Crippen LogP) is 4.43. The maximum atomic E-state index is 11.8. The maximum absolute atomic E-state index is 11.8. The lowest BCUT2D eigenvalue weighted by Crippen LogP contribution is -2.32. The summed E-state index contributed by atoms with van der Waals surface area (Å²) < 4.78 is 0. The SMILES string of the molecule is O=C(C=Cc1ccc(Cl)cc1)NC(=S)Nc1ccc([N+](=O)[O-])cc1Cl. The minimum absolute atomic E-state index is 0.0153. The van der Waals surface area contributed by atoms with Gasteiger partial charge in [-0.2, -0.15) is 0 Å². The molecule has 9 heteroatoms. The Labute approximate surface area is 158 Å². The maximum Gasteiger partial charge on any atom is 0.271 e. The number of nitro groups is 1. The van der Waals surface area contributed by atoms with E-state index in [9.17, 15) is 14.9 Å². The van der Waals surface area contributed by atoms with Crippen molar-refractivity contribution in [2.45, 2.75) is 0 Å². The van der Waals surface area contributed by atoms with Crippen molar-refractivity contribution in [3.8, 4) is 0 Å². The van der Waals surface area contributed by atoms with Crippen molar-refractivity contribution in [2.75, 3.05) is 5.32 Å². The molecule has 0 atom stereocenters. The normalized spacial score (nSPS) is 10.5. The number of hydrogen-bond acceptors (Lipinski definition) is 4. The van der Waals surface area contributed by atoms with Crippen LogP contribution in [0.3, 0.4) is 0 Å². The summed E-state index contributed by atoms with van der Waals surface area (Å²) in [5.41, 5.74) is 1.01. The zero-order valence-corrected chi connectivity index (χ0v) is 14.9. The number of benzene rings is 2. The second kappa shape index (κ2) is 8.57. The van der Waals surface area contributed by atoms with Crippen LogP contribution in [0.4, 0.5) is 11.4 Å². The average Bonchev–Trinajstić information content (AvgIpc) is 2.56. The van der Waals surface area contributed by atoms with Crippen LogP contribution in [-0.4, -0.2) is 15.9 Å². The van der Waals surface area contributed by atoms with Gasteiger partial charge in [0.2, 0.25) is 5.91 Å². The summed E-state index contributed by atoms with van der Waals surface area (Å²) in [7, 11) is 0. The van der Waals surface area contributed by atoms with E-state index < -0.39 is 10.8 Å². The van der Waals surface area contributed by atoms with Gasteiger partial charge in [-0.15, -0.1) is 0 Å². The Balaban J connectivity index is 1.94. The lowest BCUT2D eigenvalue weighted by atomic mass is 10.2. The molecule has 0 spiro atoms. The van der Waals surface area contributed by atoms with Crippen molar-refractivity contribution in [1.29, 1.82) is 0 Å². The smallest absolute Gasteiger partial charge is 0.271 e. The summed E-state index contributed by atoms with van der Waals surface area (Å²) in [6, 6.07) is 10.8. The Kier molecular flexibility index (Phi) is 6.46. The number of rotatable bonds is 4. The molecule has 0 aliphatic rings. The van der Waals surface area contributed by atoms with E-state index in [1.54, 1.807) is 30.3 Å². The fourth-order valence-electron chi connectivity index (χ4n) is 1.77. The van der Waals surface area contributed by atoms with Crippen molar-refractivity contribution in [3.05, 3.63) is 74.3 Å². The van der Waals surface area contributed by atoms with Crippen LogP contribution < -0.4 is 10.6 Å². The molecule has 0 radical (unpaired) electrons. The van der Waals surface area contributed by atoms with E-state index in [0.717, 1.165) is 5.56 Å². The first-order valence-corrected chi connectivity index (χ1v) is 8.01. The Hall–Kier alpha value is -2.48. The monoisotopic (exact) mass is 395 g/mol. The standard InChI is InChI=1S/C16H11Cl2N3O3S/c17-11-4-1-10(2-5-11)3-8-15(22)20-16(25)19-14-7-6-12(21(23)24)9-13(14)18/h1-9H,(H2,19,20,22,25). The van der Waals surface area contributed by atoms with E-state index in [-0.39, 0.29) is 15.8 Å². The topological polar surface area (TPSA) is 84.3 Å². The number of hydrogen-bond donors (Lipinski definition) is 2. The highest BCUT2D eigenvalue weighted by atomic mass is 35.5. The van der Waals surface area contributed by atoms with Crippen molar-refractivity contribution < 1.29 is 9.72 Å². The van der Waals surface area contributed by atoms with E-state index in [1.807, 2.05) is 0 Å². The number of carbonyl (C=O) groups is 1. The van der Waals surface area contributed by atoms with Crippen molar-refractivity contribution in [2.24, 2.45) is 0 Å². The van der Waals surface area contributed by atoms with Gasteiger partial charge in [0.05, 0.1) is 15.6 Å². The Morgan fingerprint density at radius 3 is 2.44 bits per heavy atom. The fraction of sp³-hybridized carbons (Fsp3) is 0. The lowest BCUT2D eigenvalue weighted by molar-refractivity contribution is -0.384. The summed E-state index contributed by atoms with van der Waals surface area (Å²) in [6.45, 7) is 0. The van der Waals surface area contributed by atoms with Crippen LogP contribution in [0.1, 0.15) is 5.56 Å². The summed E-state index contributed by atoms with van der Waals surface area (Å²) in [5.74, 6) is -0.439. The summed E-state index contributed by atoms with van der Waals surface area (Å²) in [5, 5.41) is 16.6. The third-order valence-corrected chi connectivity index (χ3v) is 3.71. The van der Waals surface area contributed by atoms with E-state index in [4.69, 9.17) is 35.4 Å². The summed E-state index contributed by atoms with van der Waals surface area (Å²) in [4.78, 5) is 21.9. The summed E-state index contributed by atoms with van der Waals surface area (Å²) >= 11 is 16.7. The molecule has 2 N–H and O–H groups in total. The average molecular weight is 396 g/mol. The van der Waals surface area contributed by atoms with E-state index in [2.05, 4.69) is 10.6 Å². The van der Waals surface area contributed by atoms with Crippen molar-refractivity contribution in [3.63, 3.8) is 0 Å². The van der Waals surface area contributed by atoms with Gasteiger partial charge in [-0.1, -0.05) is 35.3 Å². The molecule has 0 aromatic heterocycles. The van der Waals surface area contributed by atoms with Gasteiger partial charge < -0.3 is 5.32 Å². The molecule has 128 valence electrons. The molecule has 0 saturated heterocycles. The lowest BCUT2D eigenvalue weighted by Gasteiger charge is -2.09. The predicted molar refractivity (Wildman–Crippen MR) is 103 cm³/mol. The highest BCUT2D eigenvalue weighted by Gasteiger charge is 2.10. The highest BCUT2D eigenvalue weighted by Crippen LogP contribution is 2.26. The summed E-state index contributed by atoms with van der Waals surface area (Å²) in [6.07, 6.45) is 2.92. The number of nitrogens with zero attached hydrogens (tertiary/aromatic N) is 1. The molecular formula is C16H11Cl2N3O3S. The second-order valence-corrected chi connectivity index (χ2v) is 6.00. The van der Waals surface area contributed by atoms with Gasteiger partial charge in [0, 0.05) is 23.2 Å². The fourth-order valence-corrected chi connectivity index (χ4v) is 2.33. The molecule has 0 fully saturated rings. The van der Waals surface area contributed by atoms with Crippen LogP contribution in [0, 0.1) is 10.1 Å². The minimum atomic E-state index is -0.558.